The lowest BCUT2D eigenvalue weighted by molar-refractivity contribution is -0.143. The summed E-state index contributed by atoms with van der Waals surface area (Å²) in [6.45, 7) is 12.1. The molecule has 2 aliphatic carbocycles. The van der Waals surface area contributed by atoms with Crippen molar-refractivity contribution < 1.29 is 14.3 Å². The average molecular weight is 436 g/mol. The molecule has 6 heteroatoms. The Morgan fingerprint density at radius 3 is 2.42 bits per heavy atom. The first-order valence-corrected chi connectivity index (χ1v) is 12.7. The predicted octanol–water partition coefficient (Wildman–Crippen LogP) is 4.28. The summed E-state index contributed by atoms with van der Waals surface area (Å²) in [6.07, 6.45) is 7.29. The van der Waals surface area contributed by atoms with Gasteiger partial charge in [-0.15, -0.1) is 0 Å². The van der Waals surface area contributed by atoms with Gasteiger partial charge in [-0.25, -0.2) is 4.79 Å². The number of nitrogens with one attached hydrogen (secondary N) is 1. The highest BCUT2D eigenvalue weighted by Crippen LogP contribution is 2.40. The van der Waals surface area contributed by atoms with Crippen molar-refractivity contribution in [2.75, 3.05) is 20.1 Å². The Hall–Kier alpha value is -1.30. The smallest absolute Gasteiger partial charge is 0.410 e. The van der Waals surface area contributed by atoms with Crippen LogP contribution in [-0.2, 0) is 9.53 Å². The summed E-state index contributed by atoms with van der Waals surface area (Å²) < 4.78 is 6.13. The van der Waals surface area contributed by atoms with E-state index in [1.807, 2.05) is 11.9 Å². The van der Waals surface area contributed by atoms with Gasteiger partial charge in [0.25, 0.3) is 0 Å². The van der Waals surface area contributed by atoms with Crippen LogP contribution in [0.2, 0.25) is 0 Å². The fourth-order valence-corrected chi connectivity index (χ4v) is 6.76. The van der Waals surface area contributed by atoms with E-state index in [4.69, 9.17) is 4.74 Å². The van der Waals surface area contributed by atoms with Gasteiger partial charge in [0.05, 0.1) is 12.1 Å². The first-order valence-electron chi connectivity index (χ1n) is 12.7. The molecule has 0 spiro atoms. The highest BCUT2D eigenvalue weighted by Gasteiger charge is 2.48. The fraction of sp³-hybridized carbons (Fsp3) is 0.920. The minimum Gasteiger partial charge on any atom is -0.446 e. The molecule has 178 valence electrons. The highest BCUT2D eigenvalue weighted by atomic mass is 16.6. The van der Waals surface area contributed by atoms with Crippen molar-refractivity contribution in [3.8, 4) is 0 Å². The molecule has 3 fully saturated rings. The highest BCUT2D eigenvalue weighted by molar-refractivity contribution is 5.75. The van der Waals surface area contributed by atoms with E-state index in [-0.39, 0.29) is 36.2 Å². The Kier molecular flexibility index (Phi) is 8.28. The molecule has 31 heavy (non-hydrogen) atoms. The molecule has 8 atom stereocenters. The van der Waals surface area contributed by atoms with Crippen molar-refractivity contribution in [3.63, 3.8) is 0 Å². The third kappa shape index (κ3) is 5.37. The van der Waals surface area contributed by atoms with E-state index >= 15 is 0 Å². The quantitative estimate of drug-likeness (QED) is 0.700. The van der Waals surface area contributed by atoms with Crippen LogP contribution in [-0.4, -0.2) is 66.2 Å². The summed E-state index contributed by atoms with van der Waals surface area (Å²) in [5.41, 5.74) is 0. The molecule has 0 aromatic carbocycles. The van der Waals surface area contributed by atoms with Gasteiger partial charge in [0.15, 0.2) is 0 Å². The summed E-state index contributed by atoms with van der Waals surface area (Å²) in [4.78, 5) is 30.0. The Balaban J connectivity index is 1.77. The molecule has 1 heterocycles. The fourth-order valence-electron chi connectivity index (χ4n) is 6.76. The standard InChI is InChI=1S/C25H45N3O3/c1-7-20(14-26-6)21-9-10-22-23(13-21)27(15-18(4)28(22)19(5)29)25(30)31-24-11-8-16(2)12-17(24)3/h16-18,20-24,26H,7-15H2,1-6H3. The molecule has 3 rings (SSSR count). The summed E-state index contributed by atoms with van der Waals surface area (Å²) in [6, 6.07) is 0.210. The lowest BCUT2D eigenvalue weighted by Crippen LogP contribution is -2.67. The molecular formula is C25H45N3O3. The maximum atomic E-state index is 13.4. The Bertz CT molecular complexity index is 627. The van der Waals surface area contributed by atoms with Crippen LogP contribution < -0.4 is 5.32 Å². The van der Waals surface area contributed by atoms with Gasteiger partial charge in [-0.1, -0.05) is 27.2 Å². The van der Waals surface area contributed by atoms with E-state index in [1.54, 1.807) is 6.92 Å². The Morgan fingerprint density at radius 1 is 1.06 bits per heavy atom. The van der Waals surface area contributed by atoms with Crippen LogP contribution in [0.5, 0.6) is 0 Å². The number of nitrogens with zero attached hydrogens (tertiary/aromatic N) is 2. The first kappa shape index (κ1) is 24.3. The van der Waals surface area contributed by atoms with E-state index in [1.165, 1.54) is 0 Å². The third-order valence-electron chi connectivity index (χ3n) is 8.38. The topological polar surface area (TPSA) is 61.9 Å². The van der Waals surface area contributed by atoms with Gasteiger partial charge in [0.2, 0.25) is 5.91 Å². The van der Waals surface area contributed by atoms with Crippen LogP contribution in [0.3, 0.4) is 0 Å². The van der Waals surface area contributed by atoms with Crippen molar-refractivity contribution in [2.45, 2.75) is 104 Å². The zero-order chi connectivity index (χ0) is 22.7. The van der Waals surface area contributed by atoms with Crippen molar-refractivity contribution in [3.05, 3.63) is 0 Å². The van der Waals surface area contributed by atoms with Crippen LogP contribution in [0.4, 0.5) is 4.79 Å². The summed E-state index contributed by atoms with van der Waals surface area (Å²) in [7, 11) is 2.02. The first-order chi connectivity index (χ1) is 14.8. The number of carbonyl (C=O) groups excluding carboxylic acids is 2. The second-order valence-electron chi connectivity index (χ2n) is 10.7. The Morgan fingerprint density at radius 2 is 1.81 bits per heavy atom. The van der Waals surface area contributed by atoms with Gasteiger partial charge < -0.3 is 19.9 Å². The monoisotopic (exact) mass is 435 g/mol. The molecule has 1 N–H and O–H groups in total. The minimum atomic E-state index is -0.154. The van der Waals surface area contributed by atoms with Gasteiger partial charge in [-0.3, -0.25) is 4.79 Å². The second-order valence-corrected chi connectivity index (χ2v) is 10.7. The molecule has 0 bridgehead atoms. The van der Waals surface area contributed by atoms with Crippen LogP contribution in [0.25, 0.3) is 0 Å². The summed E-state index contributed by atoms with van der Waals surface area (Å²) >= 11 is 0. The molecule has 1 aliphatic heterocycles. The molecule has 0 aromatic rings. The van der Waals surface area contributed by atoms with Crippen molar-refractivity contribution >= 4 is 12.0 Å². The lowest BCUT2D eigenvalue weighted by Gasteiger charge is -2.54. The maximum absolute atomic E-state index is 13.4. The number of hydrogen-bond acceptors (Lipinski definition) is 4. The summed E-state index contributed by atoms with van der Waals surface area (Å²) in [5, 5.41) is 3.35. The van der Waals surface area contributed by atoms with Crippen LogP contribution in [0.15, 0.2) is 0 Å². The van der Waals surface area contributed by atoms with Crippen molar-refractivity contribution in [1.29, 1.82) is 0 Å². The van der Waals surface area contributed by atoms with E-state index < -0.39 is 0 Å². The van der Waals surface area contributed by atoms with Gasteiger partial charge in [0, 0.05) is 19.5 Å². The van der Waals surface area contributed by atoms with Crippen LogP contribution >= 0.6 is 0 Å². The van der Waals surface area contributed by atoms with E-state index in [2.05, 4.69) is 37.9 Å². The second kappa shape index (κ2) is 10.5. The molecule has 6 nitrogen and oxygen atoms in total. The van der Waals surface area contributed by atoms with Gasteiger partial charge in [-0.05, 0) is 82.7 Å². The zero-order valence-electron chi connectivity index (χ0n) is 20.6. The minimum absolute atomic E-state index is 0.0235. The number of carbonyl (C=O) groups is 2. The lowest BCUT2D eigenvalue weighted by atomic mass is 9.72. The molecule has 2 saturated carbocycles. The Labute approximate surface area is 189 Å². The molecule has 3 aliphatic rings. The van der Waals surface area contributed by atoms with Crippen LogP contribution in [0.1, 0.15) is 79.6 Å². The number of piperazine rings is 1. The zero-order valence-corrected chi connectivity index (χ0v) is 20.6. The molecule has 0 radical (unpaired) electrons. The number of amides is 2. The van der Waals surface area contributed by atoms with Gasteiger partial charge in [-0.2, -0.15) is 0 Å². The largest absolute Gasteiger partial charge is 0.446 e. The van der Waals surface area contributed by atoms with Crippen molar-refractivity contribution in [2.24, 2.45) is 23.7 Å². The third-order valence-corrected chi connectivity index (χ3v) is 8.38. The summed E-state index contributed by atoms with van der Waals surface area (Å²) in [5.74, 6) is 2.44. The normalized spacial score (nSPS) is 37.2. The number of hydrogen-bond donors (Lipinski definition) is 1. The molecular weight excluding hydrogens is 390 g/mol. The maximum Gasteiger partial charge on any atom is 0.410 e. The molecule has 8 unspecified atom stereocenters. The van der Waals surface area contributed by atoms with Gasteiger partial charge in [0.1, 0.15) is 6.10 Å². The van der Waals surface area contributed by atoms with E-state index in [9.17, 15) is 9.59 Å². The molecule has 2 amide bonds. The molecule has 0 aromatic heterocycles. The number of rotatable bonds is 5. The average Bonchev–Trinajstić information content (AvgIpc) is 2.72. The molecule has 1 saturated heterocycles. The predicted molar refractivity (Wildman–Crippen MR) is 124 cm³/mol. The number of ether oxygens (including phenoxy) is 1. The van der Waals surface area contributed by atoms with Crippen molar-refractivity contribution in [1.82, 2.24) is 15.1 Å². The SMILES string of the molecule is CCC(CNC)C1CCC2C(C1)N(C(=O)OC1CCC(C)CC1C)CC(C)N2C(C)=O. The van der Waals surface area contributed by atoms with E-state index in [0.29, 0.717) is 30.2 Å². The van der Waals surface area contributed by atoms with Crippen LogP contribution in [0, 0.1) is 23.7 Å². The van der Waals surface area contributed by atoms with Gasteiger partial charge >= 0.3 is 6.09 Å². The van der Waals surface area contributed by atoms with E-state index in [0.717, 1.165) is 51.5 Å². The number of fused-ring (bicyclic) bond motifs is 1.